The number of rotatable bonds is 3. The average Bonchev–Trinajstić information content (AvgIpc) is 2.62. The molecular formula is C9H12N6. The van der Waals surface area contributed by atoms with E-state index in [1.54, 1.807) is 23.3 Å². The Balaban J connectivity index is 2.21. The standard InChI is InChI=1S/C9H12N6/c1-7-9(4-10)13-14-15(7)6-8-5-11-2-3-12-8/h2-3,5H,4,6,10H2,1H3. The molecule has 0 bridgehead atoms. The van der Waals surface area contributed by atoms with Gasteiger partial charge in [0.2, 0.25) is 0 Å². The molecule has 0 fully saturated rings. The Kier molecular flexibility index (Phi) is 2.68. The van der Waals surface area contributed by atoms with Crippen molar-refractivity contribution in [3.05, 3.63) is 35.7 Å². The lowest BCUT2D eigenvalue weighted by Crippen LogP contribution is -2.06. The highest BCUT2D eigenvalue weighted by molar-refractivity contribution is 5.08. The molecular weight excluding hydrogens is 192 g/mol. The fourth-order valence-electron chi connectivity index (χ4n) is 1.30. The monoisotopic (exact) mass is 204 g/mol. The molecule has 2 aromatic rings. The van der Waals surface area contributed by atoms with Crippen molar-refractivity contribution in [2.24, 2.45) is 5.73 Å². The molecule has 6 heteroatoms. The first-order chi connectivity index (χ1) is 7.31. The predicted molar refractivity (Wildman–Crippen MR) is 53.8 cm³/mol. The maximum atomic E-state index is 5.51. The van der Waals surface area contributed by atoms with Crippen LogP contribution in [0.2, 0.25) is 0 Å². The fraction of sp³-hybridized carbons (Fsp3) is 0.333. The number of nitrogens with two attached hydrogens (primary N) is 1. The van der Waals surface area contributed by atoms with Crippen LogP contribution in [-0.4, -0.2) is 25.0 Å². The van der Waals surface area contributed by atoms with Gasteiger partial charge in [0.15, 0.2) is 0 Å². The van der Waals surface area contributed by atoms with Crippen LogP contribution in [0.25, 0.3) is 0 Å². The minimum Gasteiger partial charge on any atom is -0.325 e. The van der Waals surface area contributed by atoms with Gasteiger partial charge in [0, 0.05) is 18.9 Å². The van der Waals surface area contributed by atoms with E-state index in [1.807, 2.05) is 6.92 Å². The molecule has 2 rings (SSSR count). The predicted octanol–water partition coefficient (Wildman–Crippen LogP) is -0.116. The summed E-state index contributed by atoms with van der Waals surface area (Å²) >= 11 is 0. The Labute approximate surface area is 87.2 Å². The van der Waals surface area contributed by atoms with Crippen LogP contribution < -0.4 is 5.73 Å². The average molecular weight is 204 g/mol. The first kappa shape index (κ1) is 9.72. The summed E-state index contributed by atoms with van der Waals surface area (Å²) in [7, 11) is 0. The number of hydrogen-bond donors (Lipinski definition) is 1. The van der Waals surface area contributed by atoms with Gasteiger partial charge >= 0.3 is 0 Å². The van der Waals surface area contributed by atoms with E-state index in [0.29, 0.717) is 13.1 Å². The third-order valence-electron chi connectivity index (χ3n) is 2.20. The highest BCUT2D eigenvalue weighted by Gasteiger charge is 2.07. The second-order valence-electron chi connectivity index (χ2n) is 3.18. The Hall–Kier alpha value is -1.82. The molecule has 2 aromatic heterocycles. The van der Waals surface area contributed by atoms with Gasteiger partial charge in [-0.3, -0.25) is 9.97 Å². The van der Waals surface area contributed by atoms with E-state index in [2.05, 4.69) is 20.3 Å². The summed E-state index contributed by atoms with van der Waals surface area (Å²) in [6, 6.07) is 0. The third kappa shape index (κ3) is 1.99. The lowest BCUT2D eigenvalue weighted by Gasteiger charge is -2.01. The first-order valence-corrected chi connectivity index (χ1v) is 4.65. The summed E-state index contributed by atoms with van der Waals surface area (Å²) in [5.74, 6) is 0. The van der Waals surface area contributed by atoms with Crippen LogP contribution >= 0.6 is 0 Å². The van der Waals surface area contributed by atoms with Crippen LogP contribution in [0.1, 0.15) is 17.1 Å². The van der Waals surface area contributed by atoms with Crippen LogP contribution in [0, 0.1) is 6.92 Å². The van der Waals surface area contributed by atoms with Crippen LogP contribution in [0.3, 0.4) is 0 Å². The molecule has 0 aliphatic rings. The van der Waals surface area contributed by atoms with E-state index in [1.165, 1.54) is 0 Å². The molecule has 15 heavy (non-hydrogen) atoms. The minimum absolute atomic E-state index is 0.409. The van der Waals surface area contributed by atoms with E-state index < -0.39 is 0 Å². The zero-order chi connectivity index (χ0) is 10.7. The molecule has 0 atom stereocenters. The quantitative estimate of drug-likeness (QED) is 0.753. The molecule has 0 spiro atoms. The van der Waals surface area contributed by atoms with E-state index in [4.69, 9.17) is 5.73 Å². The maximum absolute atomic E-state index is 5.51. The summed E-state index contributed by atoms with van der Waals surface area (Å²) < 4.78 is 1.77. The van der Waals surface area contributed by atoms with Gasteiger partial charge in [-0.25, -0.2) is 4.68 Å². The lowest BCUT2D eigenvalue weighted by molar-refractivity contribution is 0.621. The van der Waals surface area contributed by atoms with Gasteiger partial charge in [-0.15, -0.1) is 5.10 Å². The van der Waals surface area contributed by atoms with Crippen molar-refractivity contribution in [2.45, 2.75) is 20.0 Å². The summed E-state index contributed by atoms with van der Waals surface area (Å²) in [6.07, 6.45) is 5.01. The van der Waals surface area contributed by atoms with Gasteiger partial charge in [0.25, 0.3) is 0 Å². The zero-order valence-corrected chi connectivity index (χ0v) is 8.46. The van der Waals surface area contributed by atoms with Crippen molar-refractivity contribution in [3.8, 4) is 0 Å². The summed E-state index contributed by atoms with van der Waals surface area (Å²) in [5.41, 5.74) is 8.16. The molecule has 78 valence electrons. The van der Waals surface area contributed by atoms with Crippen LogP contribution in [0.4, 0.5) is 0 Å². The minimum atomic E-state index is 0.409. The van der Waals surface area contributed by atoms with Crippen LogP contribution in [0.15, 0.2) is 18.6 Å². The van der Waals surface area contributed by atoms with Crippen LogP contribution in [0.5, 0.6) is 0 Å². The summed E-state index contributed by atoms with van der Waals surface area (Å²) in [5, 5.41) is 7.97. The van der Waals surface area contributed by atoms with Crippen molar-refractivity contribution < 1.29 is 0 Å². The number of aromatic nitrogens is 5. The number of nitrogens with zero attached hydrogens (tertiary/aromatic N) is 5. The van der Waals surface area contributed by atoms with Crippen LogP contribution in [-0.2, 0) is 13.1 Å². The van der Waals surface area contributed by atoms with Gasteiger partial charge in [0.05, 0.1) is 29.8 Å². The van der Waals surface area contributed by atoms with Crippen molar-refractivity contribution in [1.82, 2.24) is 25.0 Å². The van der Waals surface area contributed by atoms with Crippen molar-refractivity contribution >= 4 is 0 Å². The molecule has 0 amide bonds. The molecule has 0 unspecified atom stereocenters. The SMILES string of the molecule is Cc1c(CN)nnn1Cc1cnccn1. The smallest absolute Gasteiger partial charge is 0.0991 e. The summed E-state index contributed by atoms with van der Waals surface area (Å²) in [4.78, 5) is 8.16. The molecule has 6 nitrogen and oxygen atoms in total. The van der Waals surface area contributed by atoms with Gasteiger partial charge in [-0.2, -0.15) is 0 Å². The van der Waals surface area contributed by atoms with Crippen molar-refractivity contribution in [3.63, 3.8) is 0 Å². The molecule has 0 aliphatic carbocycles. The normalized spacial score (nSPS) is 10.5. The lowest BCUT2D eigenvalue weighted by atomic mass is 10.3. The second kappa shape index (κ2) is 4.14. The number of hydrogen-bond acceptors (Lipinski definition) is 5. The van der Waals surface area contributed by atoms with Gasteiger partial charge in [0.1, 0.15) is 0 Å². The molecule has 0 aromatic carbocycles. The fourth-order valence-corrected chi connectivity index (χ4v) is 1.30. The van der Waals surface area contributed by atoms with Gasteiger partial charge in [-0.05, 0) is 6.92 Å². The molecule has 0 aliphatic heterocycles. The maximum Gasteiger partial charge on any atom is 0.0991 e. The summed E-state index contributed by atoms with van der Waals surface area (Å²) in [6.45, 7) is 2.93. The van der Waals surface area contributed by atoms with Crippen molar-refractivity contribution in [1.29, 1.82) is 0 Å². The van der Waals surface area contributed by atoms with E-state index in [0.717, 1.165) is 17.1 Å². The Morgan fingerprint density at radius 1 is 1.40 bits per heavy atom. The highest BCUT2D eigenvalue weighted by Crippen LogP contribution is 2.04. The topological polar surface area (TPSA) is 82.5 Å². The molecule has 0 saturated heterocycles. The molecule has 2 heterocycles. The Bertz CT molecular complexity index is 435. The Morgan fingerprint density at radius 3 is 2.87 bits per heavy atom. The molecule has 0 saturated carbocycles. The van der Waals surface area contributed by atoms with Gasteiger partial charge in [-0.1, -0.05) is 5.21 Å². The second-order valence-corrected chi connectivity index (χ2v) is 3.18. The van der Waals surface area contributed by atoms with Gasteiger partial charge < -0.3 is 5.73 Å². The highest BCUT2D eigenvalue weighted by atomic mass is 15.4. The molecule has 0 radical (unpaired) electrons. The van der Waals surface area contributed by atoms with Crippen molar-refractivity contribution in [2.75, 3.05) is 0 Å². The zero-order valence-electron chi connectivity index (χ0n) is 8.46. The van der Waals surface area contributed by atoms with E-state index >= 15 is 0 Å². The van der Waals surface area contributed by atoms with E-state index in [-0.39, 0.29) is 0 Å². The van der Waals surface area contributed by atoms with E-state index in [9.17, 15) is 0 Å². The largest absolute Gasteiger partial charge is 0.325 e. The Morgan fingerprint density at radius 2 is 2.27 bits per heavy atom. The third-order valence-corrected chi connectivity index (χ3v) is 2.20. The molecule has 2 N–H and O–H groups in total. The first-order valence-electron chi connectivity index (χ1n) is 4.65.